The summed E-state index contributed by atoms with van der Waals surface area (Å²) in [7, 11) is 0. The van der Waals surface area contributed by atoms with Crippen LogP contribution in [0.4, 0.5) is 5.69 Å². The molecule has 0 radical (unpaired) electrons. The van der Waals surface area contributed by atoms with Crippen molar-refractivity contribution in [3.63, 3.8) is 0 Å². The summed E-state index contributed by atoms with van der Waals surface area (Å²) in [5, 5.41) is 7.65. The molecule has 3 nitrogen and oxygen atoms in total. The van der Waals surface area contributed by atoms with Crippen LogP contribution in [0, 0.1) is 0 Å². The van der Waals surface area contributed by atoms with Crippen LogP contribution in [-0.2, 0) is 13.1 Å². The summed E-state index contributed by atoms with van der Waals surface area (Å²) in [6, 6.07) is 4.03. The second-order valence-electron chi connectivity index (χ2n) is 3.80. The summed E-state index contributed by atoms with van der Waals surface area (Å²) < 4.78 is 4.99. The van der Waals surface area contributed by atoms with Gasteiger partial charge in [-0.15, -0.1) is 0 Å². The Balaban J connectivity index is 2.10. The molecular weight excluding hydrogens is 426 g/mol. The SMILES string of the molecule is CCn1cc(CNc2c(Br)cc(Br)cc2Br)cn1. The van der Waals surface area contributed by atoms with E-state index < -0.39 is 0 Å². The van der Waals surface area contributed by atoms with Crippen LogP contribution in [0.5, 0.6) is 0 Å². The third-order valence-corrected chi connectivity index (χ3v) is 4.20. The van der Waals surface area contributed by atoms with E-state index in [1.807, 2.05) is 29.2 Å². The first kappa shape index (κ1) is 14.1. The highest BCUT2D eigenvalue weighted by molar-refractivity contribution is 9.11. The molecule has 0 unspecified atom stereocenters. The number of hydrogen-bond acceptors (Lipinski definition) is 2. The molecule has 0 fully saturated rings. The third-order valence-electron chi connectivity index (χ3n) is 2.49. The molecule has 0 saturated heterocycles. The number of benzene rings is 1. The summed E-state index contributed by atoms with van der Waals surface area (Å²) in [4.78, 5) is 0. The maximum Gasteiger partial charge on any atom is 0.0632 e. The van der Waals surface area contributed by atoms with Gasteiger partial charge in [0.05, 0.1) is 11.9 Å². The zero-order valence-electron chi connectivity index (χ0n) is 9.75. The minimum atomic E-state index is 0.749. The molecule has 0 aliphatic heterocycles. The number of nitrogens with one attached hydrogen (secondary N) is 1. The molecule has 1 aromatic heterocycles. The lowest BCUT2D eigenvalue weighted by Crippen LogP contribution is -2.00. The minimum absolute atomic E-state index is 0.749. The first-order chi connectivity index (χ1) is 8.60. The van der Waals surface area contributed by atoms with E-state index in [-0.39, 0.29) is 0 Å². The summed E-state index contributed by atoms with van der Waals surface area (Å²) in [6.45, 7) is 3.72. The molecule has 2 aromatic rings. The average molecular weight is 438 g/mol. The molecule has 0 amide bonds. The van der Waals surface area contributed by atoms with E-state index in [2.05, 4.69) is 65.1 Å². The van der Waals surface area contributed by atoms with Crippen molar-refractivity contribution in [2.45, 2.75) is 20.0 Å². The fourth-order valence-electron chi connectivity index (χ4n) is 1.57. The number of aryl methyl sites for hydroxylation is 1. The highest BCUT2D eigenvalue weighted by atomic mass is 79.9. The second-order valence-corrected chi connectivity index (χ2v) is 6.43. The van der Waals surface area contributed by atoms with Gasteiger partial charge in [-0.3, -0.25) is 4.68 Å². The molecule has 0 spiro atoms. The van der Waals surface area contributed by atoms with E-state index in [1.165, 1.54) is 5.56 Å². The van der Waals surface area contributed by atoms with Gasteiger partial charge in [0.1, 0.15) is 0 Å². The van der Waals surface area contributed by atoms with Crippen LogP contribution < -0.4 is 5.32 Å². The average Bonchev–Trinajstić information content (AvgIpc) is 2.75. The van der Waals surface area contributed by atoms with Gasteiger partial charge in [0.15, 0.2) is 0 Å². The summed E-state index contributed by atoms with van der Waals surface area (Å²) in [5.41, 5.74) is 2.21. The Labute approximate surface area is 131 Å². The van der Waals surface area contributed by atoms with Crippen molar-refractivity contribution in [2.75, 3.05) is 5.32 Å². The van der Waals surface area contributed by atoms with Crippen molar-refractivity contribution in [1.82, 2.24) is 9.78 Å². The summed E-state index contributed by atoms with van der Waals surface area (Å²) in [5.74, 6) is 0. The van der Waals surface area contributed by atoms with Crippen molar-refractivity contribution in [3.05, 3.63) is 43.5 Å². The van der Waals surface area contributed by atoms with Crippen molar-refractivity contribution < 1.29 is 0 Å². The molecular formula is C12H12Br3N3. The number of rotatable bonds is 4. The molecule has 1 heterocycles. The largest absolute Gasteiger partial charge is 0.379 e. The minimum Gasteiger partial charge on any atom is -0.379 e. The topological polar surface area (TPSA) is 29.9 Å². The zero-order chi connectivity index (χ0) is 13.1. The fraction of sp³-hybridized carbons (Fsp3) is 0.250. The molecule has 0 aliphatic rings. The first-order valence-corrected chi connectivity index (χ1v) is 7.87. The Morgan fingerprint density at radius 3 is 2.44 bits per heavy atom. The molecule has 18 heavy (non-hydrogen) atoms. The van der Waals surface area contributed by atoms with E-state index in [0.717, 1.165) is 32.2 Å². The van der Waals surface area contributed by atoms with Crippen molar-refractivity contribution in [3.8, 4) is 0 Å². The Bertz CT molecular complexity index is 528. The van der Waals surface area contributed by atoms with E-state index in [4.69, 9.17) is 0 Å². The maximum atomic E-state index is 4.25. The van der Waals surface area contributed by atoms with E-state index in [1.54, 1.807) is 0 Å². The van der Waals surface area contributed by atoms with Crippen molar-refractivity contribution in [2.24, 2.45) is 0 Å². The Morgan fingerprint density at radius 1 is 1.22 bits per heavy atom. The van der Waals surface area contributed by atoms with Crippen LogP contribution in [0.25, 0.3) is 0 Å². The van der Waals surface area contributed by atoms with Crippen LogP contribution >= 0.6 is 47.8 Å². The molecule has 1 aromatic carbocycles. The van der Waals surface area contributed by atoms with Crippen LogP contribution in [0.1, 0.15) is 12.5 Å². The predicted molar refractivity (Wildman–Crippen MR) is 84.8 cm³/mol. The van der Waals surface area contributed by atoms with Crippen molar-refractivity contribution in [1.29, 1.82) is 0 Å². The number of anilines is 1. The molecule has 2 rings (SSSR count). The van der Waals surface area contributed by atoms with Gasteiger partial charge in [-0.25, -0.2) is 0 Å². The van der Waals surface area contributed by atoms with Gasteiger partial charge in [0.25, 0.3) is 0 Å². The van der Waals surface area contributed by atoms with Gasteiger partial charge in [0.2, 0.25) is 0 Å². The fourth-order valence-corrected chi connectivity index (χ4v) is 4.11. The van der Waals surface area contributed by atoms with E-state index >= 15 is 0 Å². The predicted octanol–water partition coefficient (Wildman–Crippen LogP) is 4.80. The van der Waals surface area contributed by atoms with Gasteiger partial charge < -0.3 is 5.32 Å². The van der Waals surface area contributed by atoms with Gasteiger partial charge >= 0.3 is 0 Å². The zero-order valence-corrected chi connectivity index (χ0v) is 14.5. The van der Waals surface area contributed by atoms with Gasteiger partial charge in [-0.05, 0) is 50.9 Å². The van der Waals surface area contributed by atoms with Gasteiger partial charge in [-0.1, -0.05) is 15.9 Å². The standard InChI is InChI=1S/C12H12Br3N3/c1-2-18-7-8(6-17-18)5-16-12-10(14)3-9(13)4-11(12)15/h3-4,6-7,16H,2,5H2,1H3. The quantitative estimate of drug-likeness (QED) is 0.744. The lowest BCUT2D eigenvalue weighted by molar-refractivity contribution is 0.659. The first-order valence-electron chi connectivity index (χ1n) is 5.50. The Morgan fingerprint density at radius 2 is 1.89 bits per heavy atom. The lowest BCUT2D eigenvalue weighted by atomic mass is 10.3. The molecule has 0 saturated carbocycles. The molecule has 96 valence electrons. The van der Waals surface area contributed by atoms with Crippen LogP contribution in [0.15, 0.2) is 37.9 Å². The molecule has 6 heteroatoms. The lowest BCUT2D eigenvalue weighted by Gasteiger charge is -2.10. The van der Waals surface area contributed by atoms with Crippen LogP contribution in [0.3, 0.4) is 0 Å². The summed E-state index contributed by atoms with van der Waals surface area (Å²) in [6.07, 6.45) is 3.94. The molecule has 0 aliphatic carbocycles. The van der Waals surface area contributed by atoms with Crippen molar-refractivity contribution >= 4 is 53.5 Å². The highest BCUT2D eigenvalue weighted by Gasteiger charge is 2.07. The number of nitrogens with zero attached hydrogens (tertiary/aromatic N) is 2. The van der Waals surface area contributed by atoms with E-state index in [9.17, 15) is 0 Å². The Hall–Kier alpha value is -0.330. The summed E-state index contributed by atoms with van der Waals surface area (Å²) >= 11 is 10.5. The number of aromatic nitrogens is 2. The molecule has 0 atom stereocenters. The normalized spacial score (nSPS) is 10.7. The monoisotopic (exact) mass is 435 g/mol. The number of halogens is 3. The highest BCUT2D eigenvalue weighted by Crippen LogP contribution is 2.34. The smallest absolute Gasteiger partial charge is 0.0632 e. The third kappa shape index (κ3) is 3.36. The molecule has 0 bridgehead atoms. The Kier molecular flexibility index (Phi) is 4.86. The van der Waals surface area contributed by atoms with Gasteiger partial charge in [-0.2, -0.15) is 5.10 Å². The molecule has 1 N–H and O–H groups in total. The van der Waals surface area contributed by atoms with Crippen LogP contribution in [-0.4, -0.2) is 9.78 Å². The van der Waals surface area contributed by atoms with Gasteiger partial charge in [0, 0.05) is 38.3 Å². The maximum absolute atomic E-state index is 4.25. The second kappa shape index (κ2) is 6.21. The van der Waals surface area contributed by atoms with E-state index in [0.29, 0.717) is 0 Å². The van der Waals surface area contributed by atoms with Crippen LogP contribution in [0.2, 0.25) is 0 Å². The number of hydrogen-bond donors (Lipinski definition) is 1.